The molecule has 2 atom stereocenters. The third-order valence-corrected chi connectivity index (χ3v) is 4.68. The lowest BCUT2D eigenvalue weighted by Gasteiger charge is -2.21. The second-order valence-electron chi connectivity index (χ2n) is 5.21. The molecule has 0 aromatic heterocycles. The van der Waals surface area contributed by atoms with Gasteiger partial charge in [0.15, 0.2) is 6.29 Å². The molecule has 1 heterocycles. The minimum atomic E-state index is -0.203. The van der Waals surface area contributed by atoms with Crippen LogP contribution in [-0.4, -0.2) is 37.8 Å². The third-order valence-electron chi connectivity index (χ3n) is 3.49. The zero-order valence-electron chi connectivity index (χ0n) is 13.7. The maximum atomic E-state index is 5.77. The van der Waals surface area contributed by atoms with Crippen LogP contribution in [0.25, 0.3) is 0 Å². The molecule has 4 nitrogen and oxygen atoms in total. The maximum Gasteiger partial charge on any atom is 0.155 e. The Morgan fingerprint density at radius 2 is 2.05 bits per heavy atom. The quantitative estimate of drug-likeness (QED) is 0.680. The predicted molar refractivity (Wildman–Crippen MR) is 90.4 cm³/mol. The number of methoxy groups -OCH3 is 1. The molecule has 0 spiro atoms. The Kier molecular flexibility index (Phi) is 6.76. The molecule has 122 valence electrons. The van der Waals surface area contributed by atoms with Crippen molar-refractivity contribution in [1.82, 2.24) is 4.90 Å². The van der Waals surface area contributed by atoms with Crippen LogP contribution in [0, 0.1) is 0 Å². The van der Waals surface area contributed by atoms with Crippen molar-refractivity contribution in [3.8, 4) is 0 Å². The standard InChI is InChI=1S/C17H25NO3S/c1-5-20-13(2)21-11-14-8-6-7-9-15(14)17(19-4)16-10-18(3)12-22-16/h6-10,13,17H,5,11-12H2,1-4H3. The van der Waals surface area contributed by atoms with Gasteiger partial charge in [0.2, 0.25) is 0 Å². The van der Waals surface area contributed by atoms with Crippen LogP contribution in [0.4, 0.5) is 0 Å². The fourth-order valence-corrected chi connectivity index (χ4v) is 3.48. The average molecular weight is 323 g/mol. The van der Waals surface area contributed by atoms with Gasteiger partial charge in [0.25, 0.3) is 0 Å². The van der Waals surface area contributed by atoms with Crippen molar-refractivity contribution in [1.29, 1.82) is 0 Å². The molecule has 0 amide bonds. The van der Waals surface area contributed by atoms with Gasteiger partial charge in [-0.05, 0) is 25.0 Å². The van der Waals surface area contributed by atoms with Gasteiger partial charge in [0.1, 0.15) is 6.10 Å². The molecule has 2 unspecified atom stereocenters. The number of rotatable bonds is 8. The van der Waals surface area contributed by atoms with E-state index in [4.69, 9.17) is 14.2 Å². The van der Waals surface area contributed by atoms with E-state index in [2.05, 4.69) is 30.3 Å². The zero-order valence-corrected chi connectivity index (χ0v) is 14.6. The Balaban J connectivity index is 2.14. The van der Waals surface area contributed by atoms with E-state index in [1.165, 1.54) is 4.91 Å². The van der Waals surface area contributed by atoms with Gasteiger partial charge in [-0.2, -0.15) is 0 Å². The summed E-state index contributed by atoms with van der Waals surface area (Å²) in [4.78, 5) is 3.40. The fourth-order valence-electron chi connectivity index (χ4n) is 2.42. The Hall–Kier alpha value is -1.01. The van der Waals surface area contributed by atoms with Crippen molar-refractivity contribution in [3.05, 3.63) is 46.5 Å². The lowest BCUT2D eigenvalue weighted by molar-refractivity contribution is -0.134. The highest BCUT2D eigenvalue weighted by molar-refractivity contribution is 8.03. The molecule has 1 aromatic rings. The molecule has 1 aromatic carbocycles. The summed E-state index contributed by atoms with van der Waals surface area (Å²) in [6.45, 7) is 5.06. The summed E-state index contributed by atoms with van der Waals surface area (Å²) < 4.78 is 17.0. The second-order valence-corrected chi connectivity index (χ2v) is 6.23. The fraction of sp³-hybridized carbons (Fsp3) is 0.529. The molecule has 5 heteroatoms. The predicted octanol–water partition coefficient (Wildman–Crippen LogP) is 3.75. The molecule has 2 rings (SSSR count). The molecule has 1 aliphatic heterocycles. The van der Waals surface area contributed by atoms with Crippen molar-refractivity contribution in [3.63, 3.8) is 0 Å². The molecule has 0 radical (unpaired) electrons. The highest BCUT2D eigenvalue weighted by Crippen LogP contribution is 2.38. The molecular formula is C17H25NO3S. The van der Waals surface area contributed by atoms with Crippen LogP contribution >= 0.6 is 11.8 Å². The van der Waals surface area contributed by atoms with Gasteiger partial charge in [-0.3, -0.25) is 0 Å². The number of benzene rings is 1. The summed E-state index contributed by atoms with van der Waals surface area (Å²) in [7, 11) is 3.83. The number of hydrogen-bond donors (Lipinski definition) is 0. The van der Waals surface area contributed by atoms with Gasteiger partial charge in [-0.1, -0.05) is 24.3 Å². The highest BCUT2D eigenvalue weighted by atomic mass is 32.2. The monoisotopic (exact) mass is 323 g/mol. The van der Waals surface area contributed by atoms with Crippen molar-refractivity contribution in [2.24, 2.45) is 0 Å². The Morgan fingerprint density at radius 3 is 2.68 bits per heavy atom. The van der Waals surface area contributed by atoms with Crippen LogP contribution in [0.3, 0.4) is 0 Å². The first kappa shape index (κ1) is 17.3. The summed E-state index contributed by atoms with van der Waals surface area (Å²) in [5.41, 5.74) is 2.29. The van der Waals surface area contributed by atoms with Crippen molar-refractivity contribution >= 4 is 11.8 Å². The van der Waals surface area contributed by atoms with Gasteiger partial charge < -0.3 is 19.1 Å². The number of hydrogen-bond acceptors (Lipinski definition) is 5. The first-order chi connectivity index (χ1) is 10.7. The molecular weight excluding hydrogens is 298 g/mol. The Bertz CT molecular complexity index is 506. The largest absolute Gasteiger partial charge is 0.371 e. The molecule has 1 aliphatic rings. The molecule has 0 aliphatic carbocycles. The van der Waals surface area contributed by atoms with E-state index in [1.54, 1.807) is 7.11 Å². The van der Waals surface area contributed by atoms with Crippen LogP contribution in [0.15, 0.2) is 35.4 Å². The minimum Gasteiger partial charge on any atom is -0.371 e. The van der Waals surface area contributed by atoms with E-state index in [-0.39, 0.29) is 12.4 Å². The Labute approximate surface area is 137 Å². The van der Waals surface area contributed by atoms with Gasteiger partial charge in [-0.15, -0.1) is 11.8 Å². The van der Waals surface area contributed by atoms with Gasteiger partial charge in [0.05, 0.1) is 12.5 Å². The average Bonchev–Trinajstić information content (AvgIpc) is 2.94. The third kappa shape index (κ3) is 4.49. The van der Waals surface area contributed by atoms with Crippen LogP contribution in [0.5, 0.6) is 0 Å². The van der Waals surface area contributed by atoms with Gasteiger partial charge in [-0.25, -0.2) is 0 Å². The molecule has 0 N–H and O–H groups in total. The van der Waals surface area contributed by atoms with Gasteiger partial charge >= 0.3 is 0 Å². The lowest BCUT2D eigenvalue weighted by atomic mass is 10.0. The minimum absolute atomic E-state index is 0.0443. The molecule has 22 heavy (non-hydrogen) atoms. The number of thioether (sulfide) groups is 1. The molecule has 0 bridgehead atoms. The first-order valence-electron chi connectivity index (χ1n) is 7.54. The summed E-state index contributed by atoms with van der Waals surface area (Å²) >= 11 is 1.82. The second kappa shape index (κ2) is 8.58. The summed E-state index contributed by atoms with van der Waals surface area (Å²) in [6.07, 6.45) is 1.90. The molecule has 0 saturated heterocycles. The van der Waals surface area contributed by atoms with E-state index in [1.807, 2.05) is 37.7 Å². The maximum absolute atomic E-state index is 5.77. The van der Waals surface area contributed by atoms with E-state index in [0.717, 1.165) is 17.0 Å². The summed E-state index contributed by atoms with van der Waals surface area (Å²) in [6, 6.07) is 8.27. The van der Waals surface area contributed by atoms with Crippen molar-refractivity contribution < 1.29 is 14.2 Å². The van der Waals surface area contributed by atoms with Gasteiger partial charge in [0, 0.05) is 31.9 Å². The first-order valence-corrected chi connectivity index (χ1v) is 8.52. The topological polar surface area (TPSA) is 30.9 Å². The van der Waals surface area contributed by atoms with E-state index in [9.17, 15) is 0 Å². The zero-order chi connectivity index (χ0) is 15.9. The van der Waals surface area contributed by atoms with Crippen LogP contribution < -0.4 is 0 Å². The van der Waals surface area contributed by atoms with Crippen LogP contribution in [0.1, 0.15) is 31.1 Å². The molecule has 0 saturated carbocycles. The summed E-state index contributed by atoms with van der Waals surface area (Å²) in [5.74, 6) is 0.967. The highest BCUT2D eigenvalue weighted by Gasteiger charge is 2.23. The molecule has 0 fully saturated rings. The Morgan fingerprint density at radius 1 is 1.27 bits per heavy atom. The summed E-state index contributed by atoms with van der Waals surface area (Å²) in [5, 5.41) is 0. The van der Waals surface area contributed by atoms with Crippen molar-refractivity contribution in [2.45, 2.75) is 32.8 Å². The van der Waals surface area contributed by atoms with E-state index < -0.39 is 0 Å². The van der Waals surface area contributed by atoms with E-state index in [0.29, 0.717) is 13.2 Å². The van der Waals surface area contributed by atoms with Crippen LogP contribution in [-0.2, 0) is 20.8 Å². The number of nitrogens with zero attached hydrogens (tertiary/aromatic N) is 1. The van der Waals surface area contributed by atoms with Crippen molar-refractivity contribution in [2.75, 3.05) is 26.6 Å². The SMILES string of the molecule is CCOC(C)OCc1ccccc1C(OC)C1=CN(C)CS1. The van der Waals surface area contributed by atoms with Crippen LogP contribution in [0.2, 0.25) is 0 Å². The lowest BCUT2D eigenvalue weighted by Crippen LogP contribution is -2.14. The number of ether oxygens (including phenoxy) is 3. The smallest absolute Gasteiger partial charge is 0.155 e. The normalized spacial score (nSPS) is 17.5. The van der Waals surface area contributed by atoms with E-state index >= 15 is 0 Å².